The fraction of sp³-hybridized carbons (Fsp3) is 0.447. The summed E-state index contributed by atoms with van der Waals surface area (Å²) in [7, 11) is 0. The predicted octanol–water partition coefficient (Wildman–Crippen LogP) is 7.79. The Morgan fingerprint density at radius 3 is 2.00 bits per heavy atom. The smallest absolute Gasteiger partial charge is 0.408 e. The van der Waals surface area contributed by atoms with Crippen LogP contribution in [0.3, 0.4) is 0 Å². The van der Waals surface area contributed by atoms with E-state index in [0.29, 0.717) is 29.2 Å². The number of phenolic OH excluding ortho intramolecular Hbond substituents is 1. The van der Waals surface area contributed by atoms with E-state index in [1.807, 2.05) is 69.3 Å². The van der Waals surface area contributed by atoms with Gasteiger partial charge < -0.3 is 25.4 Å². The molecule has 0 aliphatic carbocycles. The zero-order valence-electron chi connectivity index (χ0n) is 28.8. The third kappa shape index (κ3) is 9.83. The summed E-state index contributed by atoms with van der Waals surface area (Å²) in [6.07, 6.45) is 0.857. The molecule has 3 amide bonds. The molecule has 0 saturated heterocycles. The molecule has 0 aromatic heterocycles. The van der Waals surface area contributed by atoms with Crippen LogP contribution in [-0.2, 0) is 20.7 Å². The second kappa shape index (κ2) is 15.8. The highest BCUT2D eigenvalue weighted by Gasteiger charge is 2.40. The third-order valence-electron chi connectivity index (χ3n) is 7.98. The molecule has 0 bridgehead atoms. The number of nitrogens with zero attached hydrogens (tertiary/aromatic N) is 1. The Hall–Kier alpha value is -4.33. The number of alkyl carbamates (subject to hydrolysis) is 1. The van der Waals surface area contributed by atoms with Gasteiger partial charge in [0.15, 0.2) is 0 Å². The van der Waals surface area contributed by atoms with E-state index in [2.05, 4.69) is 24.5 Å². The van der Waals surface area contributed by atoms with Gasteiger partial charge in [-0.05, 0) is 89.5 Å². The maximum Gasteiger partial charge on any atom is 0.408 e. The number of hydrogen-bond donors (Lipinski definition) is 3. The van der Waals surface area contributed by atoms with E-state index in [-0.39, 0.29) is 12.2 Å². The van der Waals surface area contributed by atoms with Crippen LogP contribution >= 0.6 is 0 Å². The van der Waals surface area contributed by atoms with Crippen LogP contribution in [0.2, 0.25) is 0 Å². The number of anilines is 1. The Bertz CT molecular complexity index is 1480. The van der Waals surface area contributed by atoms with Gasteiger partial charge >= 0.3 is 6.09 Å². The number of rotatable bonds is 12. The predicted molar refractivity (Wildman–Crippen MR) is 184 cm³/mol. The van der Waals surface area contributed by atoms with Gasteiger partial charge in [0, 0.05) is 23.7 Å². The fourth-order valence-corrected chi connectivity index (χ4v) is 5.52. The normalized spacial score (nSPS) is 13.4. The van der Waals surface area contributed by atoms with Crippen molar-refractivity contribution >= 4 is 23.6 Å². The lowest BCUT2D eigenvalue weighted by Crippen LogP contribution is -2.55. The number of para-hydroxylation sites is 2. The van der Waals surface area contributed by atoms with Gasteiger partial charge in [0.2, 0.25) is 5.91 Å². The number of aryl methyl sites for hydroxylation is 3. The van der Waals surface area contributed by atoms with Crippen molar-refractivity contribution < 1.29 is 24.2 Å². The van der Waals surface area contributed by atoms with Gasteiger partial charge in [0.25, 0.3) is 5.91 Å². The number of benzene rings is 3. The molecule has 0 aliphatic heterocycles. The number of ether oxygens (including phenoxy) is 1. The highest BCUT2D eigenvalue weighted by atomic mass is 16.6. The molecule has 3 N–H and O–H groups in total. The fourth-order valence-electron chi connectivity index (χ4n) is 5.52. The number of aromatic hydroxyl groups is 1. The Kier molecular flexibility index (Phi) is 12.4. The molecule has 0 heterocycles. The van der Waals surface area contributed by atoms with Crippen molar-refractivity contribution in [2.75, 3.05) is 5.32 Å². The van der Waals surface area contributed by atoms with Crippen LogP contribution in [0.15, 0.2) is 66.7 Å². The summed E-state index contributed by atoms with van der Waals surface area (Å²) in [5.74, 6) is -0.612. The average molecular weight is 630 g/mol. The molecular formula is C38H51N3O5. The van der Waals surface area contributed by atoms with Gasteiger partial charge in [0.1, 0.15) is 23.4 Å². The van der Waals surface area contributed by atoms with Crippen molar-refractivity contribution in [1.29, 1.82) is 0 Å². The second-order valence-electron chi connectivity index (χ2n) is 13.6. The summed E-state index contributed by atoms with van der Waals surface area (Å²) in [5, 5.41) is 17.3. The Balaban J connectivity index is 2.20. The molecule has 248 valence electrons. The van der Waals surface area contributed by atoms with Crippen LogP contribution in [0.5, 0.6) is 5.75 Å². The molecule has 46 heavy (non-hydrogen) atoms. The topological polar surface area (TPSA) is 108 Å². The van der Waals surface area contributed by atoms with Crippen LogP contribution in [0.1, 0.15) is 88.2 Å². The third-order valence-corrected chi connectivity index (χ3v) is 7.98. The largest absolute Gasteiger partial charge is 0.507 e. The zero-order valence-corrected chi connectivity index (χ0v) is 28.8. The minimum atomic E-state index is -1.20. The molecule has 3 aromatic rings. The summed E-state index contributed by atoms with van der Waals surface area (Å²) in [5.41, 5.74) is 3.35. The Morgan fingerprint density at radius 1 is 0.826 bits per heavy atom. The zero-order chi connectivity index (χ0) is 34.2. The number of amides is 3. The number of nitrogens with one attached hydrogen (secondary N) is 2. The number of carbonyl (C=O) groups excluding carboxylic acids is 3. The lowest BCUT2D eigenvalue weighted by Gasteiger charge is -2.39. The van der Waals surface area contributed by atoms with Crippen LogP contribution in [0, 0.1) is 26.7 Å². The van der Waals surface area contributed by atoms with Crippen molar-refractivity contribution in [2.24, 2.45) is 5.92 Å². The van der Waals surface area contributed by atoms with Gasteiger partial charge in [-0.15, -0.1) is 0 Å². The number of carbonyl (C=O) groups is 3. The number of hydrogen-bond acceptors (Lipinski definition) is 5. The Labute approximate surface area is 274 Å². The first-order chi connectivity index (χ1) is 21.6. The van der Waals surface area contributed by atoms with Gasteiger partial charge in [-0.2, -0.15) is 0 Å². The first-order valence-corrected chi connectivity index (χ1v) is 16.1. The molecule has 0 radical (unpaired) electrons. The van der Waals surface area contributed by atoms with E-state index in [4.69, 9.17) is 4.74 Å². The SMILES string of the molecule is Cc1cccc(C(C(=O)Nc2c(C)cccc2C)N(C(=O)C(Cc2ccccc2)NC(=O)OC(C)(C)C)C(C)CCC(C)C)c1O. The molecule has 8 heteroatoms. The highest BCUT2D eigenvalue weighted by Crippen LogP contribution is 2.36. The lowest BCUT2D eigenvalue weighted by atomic mass is 9.94. The van der Waals surface area contributed by atoms with Crippen molar-refractivity contribution in [3.8, 4) is 5.75 Å². The molecule has 8 nitrogen and oxygen atoms in total. The molecule has 3 aromatic carbocycles. The van der Waals surface area contributed by atoms with Gasteiger partial charge in [0.05, 0.1) is 0 Å². The van der Waals surface area contributed by atoms with Crippen LogP contribution in [0.25, 0.3) is 0 Å². The average Bonchev–Trinajstić information content (AvgIpc) is 2.97. The second-order valence-corrected chi connectivity index (χ2v) is 13.6. The van der Waals surface area contributed by atoms with Crippen molar-refractivity contribution in [1.82, 2.24) is 10.2 Å². The van der Waals surface area contributed by atoms with Crippen molar-refractivity contribution in [3.05, 3.63) is 94.5 Å². The lowest BCUT2D eigenvalue weighted by molar-refractivity contribution is -0.143. The molecule has 3 rings (SSSR count). The van der Waals surface area contributed by atoms with Gasteiger partial charge in [-0.3, -0.25) is 9.59 Å². The monoisotopic (exact) mass is 629 g/mol. The minimum Gasteiger partial charge on any atom is -0.507 e. The van der Waals surface area contributed by atoms with Crippen molar-refractivity contribution in [2.45, 2.75) is 105 Å². The molecule has 3 unspecified atom stereocenters. The van der Waals surface area contributed by atoms with E-state index >= 15 is 0 Å². The molecular weight excluding hydrogens is 578 g/mol. The molecule has 0 aliphatic rings. The van der Waals surface area contributed by atoms with E-state index in [1.54, 1.807) is 50.8 Å². The summed E-state index contributed by atoms with van der Waals surface area (Å²) >= 11 is 0. The molecule has 0 spiro atoms. The van der Waals surface area contributed by atoms with Crippen molar-refractivity contribution in [3.63, 3.8) is 0 Å². The number of phenols is 1. The van der Waals surface area contributed by atoms with Crippen LogP contribution in [0.4, 0.5) is 10.5 Å². The van der Waals surface area contributed by atoms with E-state index < -0.39 is 41.6 Å². The van der Waals surface area contributed by atoms with Crippen LogP contribution in [-0.4, -0.2) is 45.6 Å². The van der Waals surface area contributed by atoms with Gasteiger partial charge in [-0.25, -0.2) is 4.79 Å². The summed E-state index contributed by atoms with van der Waals surface area (Å²) < 4.78 is 5.57. The van der Waals surface area contributed by atoms with E-state index in [0.717, 1.165) is 23.1 Å². The first-order valence-electron chi connectivity index (χ1n) is 16.1. The minimum absolute atomic E-state index is 0.0577. The molecule has 3 atom stereocenters. The Morgan fingerprint density at radius 2 is 1.41 bits per heavy atom. The quantitative estimate of drug-likeness (QED) is 0.190. The standard InChI is InChI=1S/C38H51N3O5/c1-24(2)21-22-28(6)41(36(44)31(23-29-18-11-10-12-19-29)39-37(45)46-38(7,8)9)33(30-20-14-17-27(5)34(30)42)35(43)40-32-25(3)15-13-16-26(32)4/h10-20,24,28,31,33,42H,21-23H2,1-9H3,(H,39,45)(H,40,43). The van der Waals surface area contributed by atoms with E-state index in [1.165, 1.54) is 0 Å². The maximum atomic E-state index is 14.9. The van der Waals surface area contributed by atoms with E-state index in [9.17, 15) is 19.5 Å². The molecule has 0 saturated carbocycles. The highest BCUT2D eigenvalue weighted by molar-refractivity contribution is 6.00. The summed E-state index contributed by atoms with van der Waals surface area (Å²) in [4.78, 5) is 44.1. The summed E-state index contributed by atoms with van der Waals surface area (Å²) in [6.45, 7) is 17.0. The maximum absolute atomic E-state index is 14.9. The van der Waals surface area contributed by atoms with Gasteiger partial charge in [-0.1, -0.05) is 80.6 Å². The summed E-state index contributed by atoms with van der Waals surface area (Å²) in [6, 6.07) is 17.7. The molecule has 0 fully saturated rings. The van der Waals surface area contributed by atoms with Crippen LogP contribution < -0.4 is 10.6 Å². The first kappa shape index (κ1) is 36.1.